The van der Waals surface area contributed by atoms with Gasteiger partial charge < -0.3 is 10.4 Å². The van der Waals surface area contributed by atoms with E-state index in [1.165, 1.54) is 0 Å². The van der Waals surface area contributed by atoms with Crippen LogP contribution in [0.1, 0.15) is 11.1 Å². The van der Waals surface area contributed by atoms with E-state index in [0.717, 1.165) is 11.1 Å². The number of benzene rings is 1. The number of nitrogens with zero attached hydrogens (tertiary/aromatic N) is 2. The largest absolute Gasteiger partial charge is 0.592 e. The van der Waals surface area contributed by atoms with Gasteiger partial charge in [0.25, 0.3) is 5.69 Å². The first-order valence-corrected chi connectivity index (χ1v) is 3.55. The van der Waals surface area contributed by atoms with Crippen LogP contribution in [0.4, 0.5) is 5.69 Å². The van der Waals surface area contributed by atoms with Gasteiger partial charge >= 0.3 is 0 Å². The molecule has 4 heteroatoms. The Labute approximate surface area is 70.3 Å². The molecule has 0 heterocycles. The van der Waals surface area contributed by atoms with Gasteiger partial charge in [-0.05, 0) is 24.3 Å². The Hall–Kier alpha value is -1.58. The van der Waals surface area contributed by atoms with E-state index in [9.17, 15) is 5.21 Å². The van der Waals surface area contributed by atoms with Crippen LogP contribution in [0.15, 0.2) is 23.5 Å². The van der Waals surface area contributed by atoms with Gasteiger partial charge in [0.15, 0.2) is 0 Å². The highest BCUT2D eigenvalue weighted by molar-refractivity contribution is 5.43. The highest BCUT2D eigenvalue weighted by atomic mass is 16.6. The van der Waals surface area contributed by atoms with Crippen molar-refractivity contribution in [1.82, 2.24) is 0 Å². The van der Waals surface area contributed by atoms with Gasteiger partial charge in [-0.25, -0.2) is 0 Å². The molecule has 0 spiro atoms. The third kappa shape index (κ3) is 1.37. The van der Waals surface area contributed by atoms with Crippen molar-refractivity contribution in [2.24, 2.45) is 5.28 Å². The molecular weight excluding hydrogens is 156 g/mol. The fourth-order valence-corrected chi connectivity index (χ4v) is 0.991. The van der Waals surface area contributed by atoms with Gasteiger partial charge in [0, 0.05) is 11.6 Å². The van der Waals surface area contributed by atoms with Crippen molar-refractivity contribution in [3.05, 3.63) is 34.5 Å². The predicted molar refractivity (Wildman–Crippen MR) is 43.4 cm³/mol. The molecule has 12 heavy (non-hydrogen) atoms. The van der Waals surface area contributed by atoms with Gasteiger partial charge in [-0.1, -0.05) is 12.1 Å². The average Bonchev–Trinajstić information content (AvgIpc) is 2.08. The van der Waals surface area contributed by atoms with Crippen molar-refractivity contribution in [3.8, 4) is 0 Å². The zero-order chi connectivity index (χ0) is 9.14. The summed E-state index contributed by atoms with van der Waals surface area (Å²) in [4.78, 5) is 0.197. The van der Waals surface area contributed by atoms with Crippen LogP contribution in [0.2, 0.25) is 0 Å². The molecule has 0 saturated carbocycles. The molecule has 64 valence electrons. The maximum Gasteiger partial charge on any atom is 0.251 e. The maximum atomic E-state index is 10.9. The predicted octanol–water partition coefficient (Wildman–Crippen LogP) is 2.29. The lowest BCUT2D eigenvalue weighted by molar-refractivity contribution is -0.474. The van der Waals surface area contributed by atoms with Gasteiger partial charge in [0.1, 0.15) is 0 Å². The van der Waals surface area contributed by atoms with Gasteiger partial charge in [-0.3, -0.25) is 0 Å². The smallest absolute Gasteiger partial charge is 0.251 e. The van der Waals surface area contributed by atoms with E-state index in [4.69, 9.17) is 5.21 Å². The number of hydrogen-bond acceptors (Lipinski definition) is 2. The first-order valence-electron chi connectivity index (χ1n) is 3.55. The van der Waals surface area contributed by atoms with Crippen molar-refractivity contribution in [2.45, 2.75) is 13.8 Å². The van der Waals surface area contributed by atoms with Crippen LogP contribution < -0.4 is 0 Å². The molecule has 0 bridgehead atoms. The fraction of sp³-hybridized carbons (Fsp3) is 0.250. The minimum atomic E-state index is 0.197. The molecule has 1 N–H and O–H groups in total. The van der Waals surface area contributed by atoms with Crippen LogP contribution in [0.3, 0.4) is 0 Å². The van der Waals surface area contributed by atoms with E-state index in [2.05, 4.69) is 5.28 Å². The van der Waals surface area contributed by atoms with E-state index in [-0.39, 0.29) is 4.86 Å². The molecular formula is C8H10N2O2. The minimum absolute atomic E-state index is 0.197. The van der Waals surface area contributed by atoms with Crippen LogP contribution in [-0.4, -0.2) is 10.1 Å². The molecule has 0 radical (unpaired) electrons. The lowest BCUT2D eigenvalue weighted by Gasteiger charge is -2.02. The Morgan fingerprint density at radius 1 is 1.42 bits per heavy atom. The summed E-state index contributed by atoms with van der Waals surface area (Å²) >= 11 is 0. The Balaban J connectivity index is 3.26. The molecule has 0 amide bonds. The molecule has 0 atom stereocenters. The van der Waals surface area contributed by atoms with Crippen LogP contribution in [0.5, 0.6) is 0 Å². The quantitative estimate of drug-likeness (QED) is 0.395. The topological polar surface area (TPSA) is 58.7 Å². The summed E-state index contributed by atoms with van der Waals surface area (Å²) in [5.41, 5.74) is 2.19. The van der Waals surface area contributed by atoms with Crippen LogP contribution in [0, 0.1) is 19.1 Å². The monoisotopic (exact) mass is 166 g/mol. The van der Waals surface area contributed by atoms with Gasteiger partial charge in [0.2, 0.25) is 5.28 Å². The molecule has 0 fully saturated rings. The SMILES string of the molecule is Cc1cccc(/[N+]([O-])=N/O)c1C. The van der Waals surface area contributed by atoms with E-state index in [0.29, 0.717) is 5.69 Å². The molecule has 4 nitrogen and oxygen atoms in total. The average molecular weight is 166 g/mol. The Morgan fingerprint density at radius 3 is 2.67 bits per heavy atom. The first-order chi connectivity index (χ1) is 5.66. The second kappa shape index (κ2) is 3.21. The van der Waals surface area contributed by atoms with E-state index in [1.54, 1.807) is 19.1 Å². The lowest BCUT2D eigenvalue weighted by Crippen LogP contribution is -1.94. The summed E-state index contributed by atoms with van der Waals surface area (Å²) in [5, 5.41) is 21.7. The van der Waals surface area contributed by atoms with Gasteiger partial charge in [0.05, 0.1) is 0 Å². The molecule has 0 unspecified atom stereocenters. The Morgan fingerprint density at radius 2 is 2.08 bits per heavy atom. The van der Waals surface area contributed by atoms with Gasteiger partial charge in [-0.15, -0.1) is 0 Å². The van der Waals surface area contributed by atoms with Crippen molar-refractivity contribution in [3.63, 3.8) is 0 Å². The maximum absolute atomic E-state index is 10.9. The number of rotatable bonds is 1. The molecule has 0 saturated heterocycles. The standard InChI is InChI=1S/C8H10N2O2/c1-6-4-3-5-8(7(6)2)10(12)9-11/h3-5,11H,1-2H3/b10-9-. The second-order valence-corrected chi connectivity index (χ2v) is 2.58. The normalized spacial score (nSPS) is 11.7. The van der Waals surface area contributed by atoms with Gasteiger partial charge in [-0.2, -0.15) is 0 Å². The van der Waals surface area contributed by atoms with Crippen molar-refractivity contribution in [1.29, 1.82) is 0 Å². The molecule has 1 aromatic carbocycles. The Bertz CT molecular complexity index is 321. The molecule has 0 aromatic heterocycles. The third-order valence-electron chi connectivity index (χ3n) is 1.86. The zero-order valence-corrected chi connectivity index (χ0v) is 6.98. The molecule has 0 aliphatic rings. The van der Waals surface area contributed by atoms with E-state index < -0.39 is 0 Å². The number of aryl methyl sites for hydroxylation is 1. The summed E-state index contributed by atoms with van der Waals surface area (Å²) in [5.74, 6) is 0. The van der Waals surface area contributed by atoms with Crippen molar-refractivity contribution < 1.29 is 10.1 Å². The summed E-state index contributed by atoms with van der Waals surface area (Å²) in [7, 11) is 0. The van der Waals surface area contributed by atoms with Crippen LogP contribution in [0.25, 0.3) is 0 Å². The first kappa shape index (κ1) is 8.52. The summed E-state index contributed by atoms with van der Waals surface area (Å²) in [6.07, 6.45) is 0. The summed E-state index contributed by atoms with van der Waals surface area (Å²) in [6, 6.07) is 5.24. The molecule has 0 aliphatic carbocycles. The van der Waals surface area contributed by atoms with Crippen molar-refractivity contribution >= 4 is 5.69 Å². The highest BCUT2D eigenvalue weighted by Crippen LogP contribution is 2.20. The molecule has 0 aliphatic heterocycles. The van der Waals surface area contributed by atoms with E-state index in [1.807, 2.05) is 13.0 Å². The highest BCUT2D eigenvalue weighted by Gasteiger charge is 2.08. The molecule has 1 rings (SSSR count). The zero-order valence-electron chi connectivity index (χ0n) is 6.98. The summed E-state index contributed by atoms with van der Waals surface area (Å²) < 4.78 is 0. The van der Waals surface area contributed by atoms with E-state index >= 15 is 0 Å². The third-order valence-corrected chi connectivity index (χ3v) is 1.86. The lowest BCUT2D eigenvalue weighted by atomic mass is 10.1. The minimum Gasteiger partial charge on any atom is -0.592 e. The Kier molecular flexibility index (Phi) is 2.28. The fourth-order valence-electron chi connectivity index (χ4n) is 0.991. The van der Waals surface area contributed by atoms with Crippen molar-refractivity contribution in [2.75, 3.05) is 0 Å². The summed E-state index contributed by atoms with van der Waals surface area (Å²) in [6.45, 7) is 3.70. The molecule has 1 aromatic rings. The second-order valence-electron chi connectivity index (χ2n) is 2.58. The number of hydrogen-bond donors (Lipinski definition) is 1. The van der Waals surface area contributed by atoms with Crippen LogP contribution in [-0.2, 0) is 0 Å². The van der Waals surface area contributed by atoms with Crippen LogP contribution >= 0.6 is 0 Å².